The maximum Gasteiger partial charge on any atom is 0.491 e. The Bertz CT molecular complexity index is 686. The van der Waals surface area contributed by atoms with E-state index >= 15 is 0 Å². The van der Waals surface area contributed by atoms with Gasteiger partial charge in [-0.05, 0) is 41.4 Å². The Hall–Kier alpha value is -2.31. The number of rotatable bonds is 3. The van der Waals surface area contributed by atoms with Crippen LogP contribution in [0.3, 0.4) is 0 Å². The summed E-state index contributed by atoms with van der Waals surface area (Å²) in [6.07, 6.45) is 0. The number of fused-ring (bicyclic) bond motifs is 1. The standard InChI is InChI=1S/C15H13BO5/c1-19-15(17)10-3-2-4-12(7-10)21-13-6-5-11-9-20-16(18)14(11)8-13/h2-8,18H,9H2,1H3. The summed E-state index contributed by atoms with van der Waals surface area (Å²) in [7, 11) is 0.419. The first-order valence-electron chi connectivity index (χ1n) is 6.46. The van der Waals surface area contributed by atoms with Gasteiger partial charge in [-0.25, -0.2) is 4.79 Å². The lowest BCUT2D eigenvalue weighted by atomic mass is 9.79. The summed E-state index contributed by atoms with van der Waals surface area (Å²) < 4.78 is 15.5. The Labute approximate surface area is 122 Å². The van der Waals surface area contributed by atoms with Crippen LogP contribution in [0.5, 0.6) is 11.5 Å². The third-order valence-electron chi connectivity index (χ3n) is 3.27. The Balaban J connectivity index is 1.84. The number of esters is 1. The fourth-order valence-corrected chi connectivity index (χ4v) is 2.20. The Morgan fingerprint density at radius 1 is 1.24 bits per heavy atom. The van der Waals surface area contributed by atoms with E-state index in [1.165, 1.54) is 7.11 Å². The van der Waals surface area contributed by atoms with E-state index in [1.807, 2.05) is 6.07 Å². The van der Waals surface area contributed by atoms with E-state index in [9.17, 15) is 9.82 Å². The normalized spacial score (nSPS) is 13.0. The van der Waals surface area contributed by atoms with Crippen molar-refractivity contribution < 1.29 is 23.9 Å². The molecule has 0 amide bonds. The number of carbonyl (C=O) groups is 1. The molecule has 0 radical (unpaired) electrons. The van der Waals surface area contributed by atoms with Gasteiger partial charge >= 0.3 is 13.1 Å². The minimum Gasteiger partial charge on any atom is -0.465 e. The van der Waals surface area contributed by atoms with Gasteiger partial charge < -0.3 is 19.2 Å². The lowest BCUT2D eigenvalue weighted by Crippen LogP contribution is -2.27. The van der Waals surface area contributed by atoms with Crippen molar-refractivity contribution in [2.75, 3.05) is 7.11 Å². The molecule has 3 rings (SSSR count). The van der Waals surface area contributed by atoms with Gasteiger partial charge in [-0.1, -0.05) is 12.1 Å². The van der Waals surface area contributed by atoms with Crippen molar-refractivity contribution in [1.82, 2.24) is 0 Å². The second kappa shape index (κ2) is 5.59. The van der Waals surface area contributed by atoms with Crippen molar-refractivity contribution in [2.45, 2.75) is 6.61 Å². The molecule has 1 aliphatic rings. The topological polar surface area (TPSA) is 65.0 Å². The summed E-state index contributed by atoms with van der Waals surface area (Å²) in [6.45, 7) is 0.397. The molecule has 21 heavy (non-hydrogen) atoms. The molecule has 1 N–H and O–H groups in total. The maximum absolute atomic E-state index is 11.5. The lowest BCUT2D eigenvalue weighted by Gasteiger charge is -2.08. The smallest absolute Gasteiger partial charge is 0.465 e. The molecule has 1 aliphatic heterocycles. The highest BCUT2D eigenvalue weighted by Crippen LogP contribution is 2.24. The molecule has 0 aliphatic carbocycles. The number of carbonyl (C=O) groups excluding carboxylic acids is 1. The molecule has 0 bridgehead atoms. The monoisotopic (exact) mass is 284 g/mol. The van der Waals surface area contributed by atoms with Gasteiger partial charge in [0, 0.05) is 0 Å². The van der Waals surface area contributed by atoms with Crippen molar-refractivity contribution in [1.29, 1.82) is 0 Å². The van der Waals surface area contributed by atoms with Crippen molar-refractivity contribution in [3.05, 3.63) is 53.6 Å². The average Bonchev–Trinajstić information content (AvgIpc) is 2.88. The number of ether oxygens (including phenoxy) is 2. The summed E-state index contributed by atoms with van der Waals surface area (Å²) >= 11 is 0. The molecule has 0 unspecified atom stereocenters. The fourth-order valence-electron chi connectivity index (χ4n) is 2.20. The maximum atomic E-state index is 11.5. The molecular weight excluding hydrogens is 271 g/mol. The summed E-state index contributed by atoms with van der Waals surface area (Å²) in [5.74, 6) is 0.671. The van der Waals surface area contributed by atoms with Gasteiger partial charge in [0.05, 0.1) is 19.3 Å². The van der Waals surface area contributed by atoms with E-state index in [2.05, 4.69) is 4.74 Å². The minimum absolute atomic E-state index is 0.397. The Morgan fingerprint density at radius 2 is 2.05 bits per heavy atom. The predicted molar refractivity (Wildman–Crippen MR) is 76.7 cm³/mol. The number of hydrogen-bond donors (Lipinski definition) is 1. The molecule has 5 nitrogen and oxygen atoms in total. The molecule has 2 aromatic carbocycles. The molecule has 2 aromatic rings. The molecule has 0 atom stereocenters. The van der Waals surface area contributed by atoms with Crippen LogP contribution in [0.15, 0.2) is 42.5 Å². The third-order valence-corrected chi connectivity index (χ3v) is 3.27. The van der Waals surface area contributed by atoms with Crippen LogP contribution in [-0.4, -0.2) is 25.2 Å². The first-order valence-corrected chi connectivity index (χ1v) is 6.46. The lowest BCUT2D eigenvalue weighted by molar-refractivity contribution is 0.0600. The quantitative estimate of drug-likeness (QED) is 0.683. The van der Waals surface area contributed by atoms with Gasteiger partial charge in [-0.15, -0.1) is 0 Å². The molecule has 106 valence electrons. The molecule has 6 heteroatoms. The highest BCUT2D eigenvalue weighted by molar-refractivity contribution is 6.61. The van der Waals surface area contributed by atoms with E-state index in [1.54, 1.807) is 36.4 Å². The number of benzene rings is 2. The molecule has 0 fully saturated rings. The summed E-state index contributed by atoms with van der Waals surface area (Å²) in [5.41, 5.74) is 2.06. The number of hydrogen-bond acceptors (Lipinski definition) is 5. The van der Waals surface area contributed by atoms with Crippen LogP contribution < -0.4 is 10.2 Å². The molecule has 1 heterocycles. The zero-order chi connectivity index (χ0) is 14.8. The number of methoxy groups -OCH3 is 1. The van der Waals surface area contributed by atoms with Gasteiger partial charge in [-0.3, -0.25) is 0 Å². The van der Waals surface area contributed by atoms with Crippen molar-refractivity contribution >= 4 is 18.6 Å². The van der Waals surface area contributed by atoms with Crippen molar-refractivity contribution in [3.63, 3.8) is 0 Å². The van der Waals surface area contributed by atoms with E-state index in [-0.39, 0.29) is 0 Å². The first-order chi connectivity index (χ1) is 10.2. The largest absolute Gasteiger partial charge is 0.491 e. The van der Waals surface area contributed by atoms with Gasteiger partial charge in [0.2, 0.25) is 0 Å². The van der Waals surface area contributed by atoms with Crippen molar-refractivity contribution in [3.8, 4) is 11.5 Å². The van der Waals surface area contributed by atoms with E-state index in [0.717, 1.165) is 5.56 Å². The Kier molecular flexibility index (Phi) is 3.64. The molecule has 0 saturated carbocycles. The summed E-state index contributed by atoms with van der Waals surface area (Å²) in [5, 5.41) is 9.68. The highest BCUT2D eigenvalue weighted by Gasteiger charge is 2.27. The van der Waals surface area contributed by atoms with Crippen LogP contribution in [-0.2, 0) is 16.0 Å². The van der Waals surface area contributed by atoms with E-state index < -0.39 is 13.1 Å². The zero-order valence-electron chi connectivity index (χ0n) is 11.4. The Morgan fingerprint density at radius 3 is 2.86 bits per heavy atom. The van der Waals surface area contributed by atoms with Crippen LogP contribution in [0.4, 0.5) is 0 Å². The highest BCUT2D eigenvalue weighted by atomic mass is 16.5. The van der Waals surface area contributed by atoms with Gasteiger partial charge in [0.1, 0.15) is 11.5 Å². The second-order valence-corrected chi connectivity index (χ2v) is 4.65. The third kappa shape index (κ3) is 2.77. The van der Waals surface area contributed by atoms with E-state index in [4.69, 9.17) is 9.39 Å². The van der Waals surface area contributed by atoms with Gasteiger partial charge in [0.25, 0.3) is 0 Å². The molecule has 0 spiro atoms. The molecule has 0 aromatic heterocycles. The van der Waals surface area contributed by atoms with Gasteiger partial charge in [0.15, 0.2) is 0 Å². The van der Waals surface area contributed by atoms with Gasteiger partial charge in [-0.2, -0.15) is 0 Å². The van der Waals surface area contributed by atoms with Crippen molar-refractivity contribution in [2.24, 2.45) is 0 Å². The zero-order valence-corrected chi connectivity index (χ0v) is 11.4. The van der Waals surface area contributed by atoms with Crippen LogP contribution in [0.25, 0.3) is 0 Å². The van der Waals surface area contributed by atoms with Crippen LogP contribution in [0.2, 0.25) is 0 Å². The summed E-state index contributed by atoms with van der Waals surface area (Å²) in [4.78, 5) is 11.5. The van der Waals surface area contributed by atoms with Crippen LogP contribution in [0, 0.1) is 0 Å². The first kappa shape index (κ1) is 13.7. The second-order valence-electron chi connectivity index (χ2n) is 4.65. The average molecular weight is 284 g/mol. The van der Waals surface area contributed by atoms with Crippen LogP contribution >= 0.6 is 0 Å². The summed E-state index contributed by atoms with van der Waals surface area (Å²) in [6, 6.07) is 12.1. The molecule has 0 saturated heterocycles. The SMILES string of the molecule is COC(=O)c1cccc(Oc2ccc3c(c2)B(O)OC3)c1. The predicted octanol–water partition coefficient (Wildman–Crippen LogP) is 1.48. The fraction of sp³-hybridized carbons (Fsp3) is 0.133. The minimum atomic E-state index is -0.912. The van der Waals surface area contributed by atoms with E-state index in [0.29, 0.717) is 29.1 Å². The van der Waals surface area contributed by atoms with Crippen LogP contribution in [0.1, 0.15) is 15.9 Å². The molecular formula is C15H13BO5.